The molecule has 1 amide bonds. The lowest BCUT2D eigenvalue weighted by Gasteiger charge is -2.15. The van der Waals surface area contributed by atoms with Crippen LogP contribution in [0.5, 0.6) is 0 Å². The molecule has 1 rings (SSSR count). The smallest absolute Gasteiger partial charge is 0.220 e. The first kappa shape index (κ1) is 16.4. The van der Waals surface area contributed by atoms with Gasteiger partial charge in [0.2, 0.25) is 5.91 Å². The zero-order chi connectivity index (χ0) is 14.1. The number of nitrogens with one attached hydrogen (secondary N) is 2. The Bertz CT molecular complexity index is 259. The molecule has 1 aliphatic heterocycles. The van der Waals surface area contributed by atoms with E-state index in [1.54, 1.807) is 0 Å². The molecule has 0 aromatic heterocycles. The lowest BCUT2D eigenvalue weighted by atomic mass is 10.1. The summed E-state index contributed by atoms with van der Waals surface area (Å²) in [6, 6.07) is 0.215. The lowest BCUT2D eigenvalue weighted by Crippen LogP contribution is -2.39. The highest BCUT2D eigenvalue weighted by molar-refractivity contribution is 5.78. The van der Waals surface area contributed by atoms with E-state index in [2.05, 4.69) is 24.5 Å². The molecule has 5 nitrogen and oxygen atoms in total. The normalized spacial score (nSPS) is 20.8. The molecule has 19 heavy (non-hydrogen) atoms. The minimum absolute atomic E-state index is 0.126. The third-order valence-corrected chi connectivity index (χ3v) is 3.24. The van der Waals surface area contributed by atoms with Crippen LogP contribution in [-0.4, -0.2) is 49.5 Å². The summed E-state index contributed by atoms with van der Waals surface area (Å²) < 4.78 is 5.43. The Hall–Kier alpha value is -0.650. The molecular weight excluding hydrogens is 244 g/mol. The number of ether oxygens (including phenoxy) is 1. The van der Waals surface area contributed by atoms with Crippen LogP contribution in [0, 0.1) is 5.92 Å². The number of carbonyl (C=O) groups excluding carboxylic acids is 1. The maximum absolute atomic E-state index is 11.0. The molecule has 1 saturated heterocycles. The SMILES string of the molecule is CC(C)CCCOCC(O)CNCC1CCC(=O)N1. The van der Waals surface area contributed by atoms with Crippen LogP contribution < -0.4 is 10.6 Å². The second-order valence-electron chi connectivity index (χ2n) is 5.73. The van der Waals surface area contributed by atoms with Crippen molar-refractivity contribution in [3.05, 3.63) is 0 Å². The van der Waals surface area contributed by atoms with Gasteiger partial charge in [-0.2, -0.15) is 0 Å². The maximum atomic E-state index is 11.0. The van der Waals surface area contributed by atoms with Crippen molar-refractivity contribution in [1.82, 2.24) is 10.6 Å². The van der Waals surface area contributed by atoms with Crippen LogP contribution in [0.3, 0.4) is 0 Å². The molecule has 5 heteroatoms. The van der Waals surface area contributed by atoms with Gasteiger partial charge in [0.05, 0.1) is 12.7 Å². The molecule has 3 N–H and O–H groups in total. The van der Waals surface area contributed by atoms with E-state index in [-0.39, 0.29) is 11.9 Å². The molecule has 0 bridgehead atoms. The first-order valence-electron chi connectivity index (χ1n) is 7.33. The van der Waals surface area contributed by atoms with Gasteiger partial charge < -0.3 is 20.5 Å². The Morgan fingerprint density at radius 1 is 1.53 bits per heavy atom. The van der Waals surface area contributed by atoms with Crippen LogP contribution in [-0.2, 0) is 9.53 Å². The average molecular weight is 272 g/mol. The van der Waals surface area contributed by atoms with E-state index < -0.39 is 6.10 Å². The van der Waals surface area contributed by atoms with Crippen LogP contribution in [0.2, 0.25) is 0 Å². The molecule has 1 heterocycles. The van der Waals surface area contributed by atoms with Gasteiger partial charge in [-0.25, -0.2) is 0 Å². The van der Waals surface area contributed by atoms with E-state index in [1.807, 2.05) is 0 Å². The molecule has 0 spiro atoms. The van der Waals surface area contributed by atoms with Crippen molar-refractivity contribution >= 4 is 5.91 Å². The second-order valence-corrected chi connectivity index (χ2v) is 5.73. The number of aliphatic hydroxyl groups excluding tert-OH is 1. The Morgan fingerprint density at radius 2 is 2.32 bits per heavy atom. The molecular formula is C14H28N2O3. The van der Waals surface area contributed by atoms with Crippen LogP contribution >= 0.6 is 0 Å². The second kappa shape index (κ2) is 9.28. The Morgan fingerprint density at radius 3 is 2.95 bits per heavy atom. The van der Waals surface area contributed by atoms with Crippen LogP contribution in [0.25, 0.3) is 0 Å². The van der Waals surface area contributed by atoms with E-state index in [1.165, 1.54) is 0 Å². The van der Waals surface area contributed by atoms with Crippen molar-refractivity contribution in [3.63, 3.8) is 0 Å². The lowest BCUT2D eigenvalue weighted by molar-refractivity contribution is -0.119. The highest BCUT2D eigenvalue weighted by atomic mass is 16.5. The van der Waals surface area contributed by atoms with Gasteiger partial charge in [0.25, 0.3) is 0 Å². The Kier molecular flexibility index (Phi) is 8.02. The van der Waals surface area contributed by atoms with Crippen LogP contribution in [0.15, 0.2) is 0 Å². The third kappa shape index (κ3) is 8.18. The molecule has 0 aliphatic carbocycles. The number of amides is 1. The number of aliphatic hydroxyl groups is 1. The molecule has 112 valence electrons. The molecule has 2 atom stereocenters. The first-order chi connectivity index (χ1) is 9.08. The van der Waals surface area contributed by atoms with Gasteiger partial charge in [-0.05, 0) is 25.2 Å². The number of hydrogen-bond donors (Lipinski definition) is 3. The monoisotopic (exact) mass is 272 g/mol. The summed E-state index contributed by atoms with van der Waals surface area (Å²) in [6.07, 6.45) is 3.24. The number of carbonyl (C=O) groups is 1. The molecule has 1 fully saturated rings. The molecule has 0 saturated carbocycles. The highest BCUT2D eigenvalue weighted by Crippen LogP contribution is 2.05. The molecule has 2 unspecified atom stereocenters. The predicted octanol–water partition coefficient (Wildman–Crippen LogP) is 0.668. The van der Waals surface area contributed by atoms with Crippen LogP contribution in [0.1, 0.15) is 39.5 Å². The van der Waals surface area contributed by atoms with Crippen molar-refractivity contribution < 1.29 is 14.6 Å². The summed E-state index contributed by atoms with van der Waals surface area (Å²) in [5, 5.41) is 15.8. The zero-order valence-corrected chi connectivity index (χ0v) is 12.2. The quantitative estimate of drug-likeness (QED) is 0.511. The minimum atomic E-state index is -0.476. The van der Waals surface area contributed by atoms with E-state index in [0.29, 0.717) is 32.1 Å². The summed E-state index contributed by atoms with van der Waals surface area (Å²) in [5.74, 6) is 0.831. The van der Waals surface area contributed by atoms with Gasteiger partial charge in [0, 0.05) is 32.2 Å². The summed E-state index contributed by atoms with van der Waals surface area (Å²) in [5.41, 5.74) is 0. The van der Waals surface area contributed by atoms with Gasteiger partial charge in [-0.15, -0.1) is 0 Å². The van der Waals surface area contributed by atoms with Crippen molar-refractivity contribution in [1.29, 1.82) is 0 Å². The fraction of sp³-hybridized carbons (Fsp3) is 0.929. The van der Waals surface area contributed by atoms with Crippen molar-refractivity contribution in [3.8, 4) is 0 Å². The maximum Gasteiger partial charge on any atom is 0.220 e. The summed E-state index contributed by atoms with van der Waals surface area (Å²) in [6.45, 7) is 6.71. The van der Waals surface area contributed by atoms with Crippen molar-refractivity contribution in [2.75, 3.05) is 26.3 Å². The average Bonchev–Trinajstić information content (AvgIpc) is 2.74. The number of hydrogen-bond acceptors (Lipinski definition) is 4. The number of rotatable bonds is 10. The Labute approximate surface area is 116 Å². The fourth-order valence-corrected chi connectivity index (χ4v) is 2.13. The molecule has 1 aliphatic rings. The minimum Gasteiger partial charge on any atom is -0.389 e. The topological polar surface area (TPSA) is 70.6 Å². The standard InChI is InChI=1S/C14H28N2O3/c1-11(2)4-3-7-19-10-13(17)9-15-8-12-5-6-14(18)16-12/h11-13,15,17H,3-10H2,1-2H3,(H,16,18). The first-order valence-corrected chi connectivity index (χ1v) is 7.33. The van der Waals surface area contributed by atoms with E-state index in [4.69, 9.17) is 4.74 Å². The zero-order valence-electron chi connectivity index (χ0n) is 12.2. The highest BCUT2D eigenvalue weighted by Gasteiger charge is 2.20. The van der Waals surface area contributed by atoms with E-state index >= 15 is 0 Å². The van der Waals surface area contributed by atoms with Gasteiger partial charge in [-0.1, -0.05) is 13.8 Å². The van der Waals surface area contributed by atoms with E-state index in [0.717, 1.165) is 25.8 Å². The predicted molar refractivity (Wildman–Crippen MR) is 74.9 cm³/mol. The summed E-state index contributed by atoms with van der Waals surface area (Å²) in [4.78, 5) is 11.0. The van der Waals surface area contributed by atoms with Gasteiger partial charge in [0.1, 0.15) is 0 Å². The summed E-state index contributed by atoms with van der Waals surface area (Å²) >= 11 is 0. The Balaban J connectivity index is 1.90. The summed E-state index contributed by atoms with van der Waals surface area (Å²) in [7, 11) is 0. The van der Waals surface area contributed by atoms with Crippen molar-refractivity contribution in [2.24, 2.45) is 5.92 Å². The van der Waals surface area contributed by atoms with Gasteiger partial charge in [-0.3, -0.25) is 4.79 Å². The van der Waals surface area contributed by atoms with Crippen LogP contribution in [0.4, 0.5) is 0 Å². The third-order valence-electron chi connectivity index (χ3n) is 3.24. The van der Waals surface area contributed by atoms with Gasteiger partial charge >= 0.3 is 0 Å². The largest absolute Gasteiger partial charge is 0.389 e. The molecule has 0 aromatic carbocycles. The van der Waals surface area contributed by atoms with Crippen molar-refractivity contribution in [2.45, 2.75) is 51.7 Å². The fourth-order valence-electron chi connectivity index (χ4n) is 2.13. The van der Waals surface area contributed by atoms with E-state index in [9.17, 15) is 9.90 Å². The molecule has 0 aromatic rings. The van der Waals surface area contributed by atoms with Gasteiger partial charge in [0.15, 0.2) is 0 Å². The molecule has 0 radical (unpaired) electrons.